The molecular weight excluding hydrogens is 392 g/mol. The molecule has 1 aromatic heterocycles. The van der Waals surface area contributed by atoms with Crippen molar-refractivity contribution in [1.82, 2.24) is 5.32 Å². The van der Waals surface area contributed by atoms with Gasteiger partial charge in [0.25, 0.3) is 0 Å². The number of rotatable bonds is 7. The highest BCUT2D eigenvalue weighted by atomic mass is 19.1. The lowest BCUT2D eigenvalue weighted by Gasteiger charge is -2.19. The van der Waals surface area contributed by atoms with Gasteiger partial charge in [0.15, 0.2) is 17.1 Å². The van der Waals surface area contributed by atoms with Crippen LogP contribution in [0.15, 0.2) is 21.3 Å². The Hall–Kier alpha value is -3.17. The Bertz CT molecular complexity index is 979. The first-order chi connectivity index (χ1) is 13.5. The number of aromatic carboxylic acids is 1. The number of alkyl carbamates (subject to hydrolysis) is 1. The minimum atomic E-state index is -1.57. The zero-order valence-electron chi connectivity index (χ0n) is 16.1. The van der Waals surface area contributed by atoms with Crippen LogP contribution in [0, 0.1) is 11.6 Å². The number of benzene rings is 1. The number of hydrogen-bond donors (Lipinski definition) is 2. The van der Waals surface area contributed by atoms with E-state index in [0.29, 0.717) is 12.8 Å². The molecule has 0 spiro atoms. The zero-order valence-corrected chi connectivity index (χ0v) is 16.1. The molecule has 1 amide bonds. The van der Waals surface area contributed by atoms with Gasteiger partial charge in [-0.15, -0.1) is 0 Å². The van der Waals surface area contributed by atoms with Crippen LogP contribution in [0.5, 0.6) is 5.75 Å². The summed E-state index contributed by atoms with van der Waals surface area (Å²) in [5.41, 5.74) is -3.20. The van der Waals surface area contributed by atoms with Crippen molar-refractivity contribution in [3.8, 4) is 5.75 Å². The summed E-state index contributed by atoms with van der Waals surface area (Å²) in [6, 6.07) is 1.66. The average molecular weight is 413 g/mol. The summed E-state index contributed by atoms with van der Waals surface area (Å²) in [5, 5.41) is 11.2. The van der Waals surface area contributed by atoms with Crippen molar-refractivity contribution in [3.05, 3.63) is 39.8 Å². The molecule has 1 aromatic carbocycles. The van der Waals surface area contributed by atoms with E-state index in [0.717, 1.165) is 12.1 Å². The van der Waals surface area contributed by atoms with Crippen molar-refractivity contribution in [2.24, 2.45) is 0 Å². The van der Waals surface area contributed by atoms with E-state index in [1.807, 2.05) is 0 Å². The third-order valence-corrected chi connectivity index (χ3v) is 3.59. The van der Waals surface area contributed by atoms with E-state index in [1.54, 1.807) is 20.8 Å². The maximum absolute atomic E-state index is 14.5. The van der Waals surface area contributed by atoms with Crippen LogP contribution < -0.4 is 15.7 Å². The van der Waals surface area contributed by atoms with Crippen LogP contribution in [0.2, 0.25) is 0 Å². The third kappa shape index (κ3) is 5.90. The van der Waals surface area contributed by atoms with Gasteiger partial charge in [0.2, 0.25) is 5.82 Å². The Labute approximate surface area is 164 Å². The van der Waals surface area contributed by atoms with E-state index in [1.165, 1.54) is 0 Å². The van der Waals surface area contributed by atoms with Gasteiger partial charge in [-0.25, -0.2) is 18.8 Å². The highest BCUT2D eigenvalue weighted by Gasteiger charge is 2.21. The van der Waals surface area contributed by atoms with Gasteiger partial charge in [0.05, 0.1) is 6.61 Å². The van der Waals surface area contributed by atoms with Crippen LogP contribution in [0.4, 0.5) is 13.6 Å². The van der Waals surface area contributed by atoms with Crippen molar-refractivity contribution in [2.45, 2.75) is 39.2 Å². The smallest absolute Gasteiger partial charge is 0.407 e. The SMILES string of the molecule is CC(C)(C)OC(=O)NCCCCOc1c(F)cc2cc(C(=O)O)c(=O)oc2c1F. The van der Waals surface area contributed by atoms with Crippen molar-refractivity contribution >= 4 is 23.0 Å². The van der Waals surface area contributed by atoms with Crippen LogP contribution in [0.25, 0.3) is 11.0 Å². The fourth-order valence-electron chi connectivity index (χ4n) is 2.36. The van der Waals surface area contributed by atoms with Gasteiger partial charge in [0.1, 0.15) is 11.2 Å². The quantitative estimate of drug-likeness (QED) is 0.528. The van der Waals surface area contributed by atoms with Gasteiger partial charge in [-0.05, 0) is 45.7 Å². The minimum absolute atomic E-state index is 0.0627. The molecule has 0 aliphatic heterocycles. The summed E-state index contributed by atoms with van der Waals surface area (Å²) in [4.78, 5) is 34.0. The molecule has 10 heteroatoms. The van der Waals surface area contributed by atoms with E-state index in [-0.39, 0.29) is 18.5 Å². The standard InChI is InChI=1S/C19H21F2NO7/c1-19(2,3)29-18(26)22-6-4-5-7-27-15-12(20)9-10-8-11(16(23)24)17(25)28-14(10)13(15)21/h8-9H,4-7H2,1-3H3,(H,22,26)(H,23,24). The highest BCUT2D eigenvalue weighted by molar-refractivity contribution is 5.92. The van der Waals surface area contributed by atoms with Crippen LogP contribution in [0.3, 0.4) is 0 Å². The molecule has 0 fully saturated rings. The first-order valence-electron chi connectivity index (χ1n) is 8.78. The molecule has 0 radical (unpaired) electrons. The summed E-state index contributed by atoms with van der Waals surface area (Å²) in [7, 11) is 0. The highest BCUT2D eigenvalue weighted by Crippen LogP contribution is 2.29. The Balaban J connectivity index is 1.97. The molecule has 29 heavy (non-hydrogen) atoms. The summed E-state index contributed by atoms with van der Waals surface area (Å²) in [5.74, 6) is -4.60. The zero-order chi connectivity index (χ0) is 21.8. The van der Waals surface area contributed by atoms with Crippen molar-refractivity contribution in [1.29, 1.82) is 0 Å². The number of nitrogens with one attached hydrogen (secondary N) is 1. The molecule has 0 bridgehead atoms. The lowest BCUT2D eigenvalue weighted by molar-refractivity contribution is 0.0525. The number of fused-ring (bicyclic) bond motifs is 1. The van der Waals surface area contributed by atoms with Crippen LogP contribution in [-0.2, 0) is 4.74 Å². The number of ether oxygens (including phenoxy) is 2. The van der Waals surface area contributed by atoms with Gasteiger partial charge >= 0.3 is 17.7 Å². The third-order valence-electron chi connectivity index (χ3n) is 3.59. The van der Waals surface area contributed by atoms with E-state index in [2.05, 4.69) is 9.73 Å². The number of unbranched alkanes of at least 4 members (excludes halogenated alkanes) is 1. The molecule has 0 saturated carbocycles. The van der Waals surface area contributed by atoms with E-state index in [4.69, 9.17) is 14.6 Å². The van der Waals surface area contributed by atoms with E-state index in [9.17, 15) is 23.2 Å². The van der Waals surface area contributed by atoms with Crippen LogP contribution >= 0.6 is 0 Å². The molecular formula is C19H21F2NO7. The summed E-state index contributed by atoms with van der Waals surface area (Å²) in [6.45, 7) is 5.42. The molecule has 2 rings (SSSR count). The average Bonchev–Trinajstić information content (AvgIpc) is 2.59. The number of hydrogen-bond acceptors (Lipinski definition) is 6. The normalized spacial score (nSPS) is 11.3. The molecule has 0 unspecified atom stereocenters. The predicted molar refractivity (Wildman–Crippen MR) is 98.3 cm³/mol. The van der Waals surface area contributed by atoms with Gasteiger partial charge in [-0.2, -0.15) is 4.39 Å². The van der Waals surface area contributed by atoms with Crippen molar-refractivity contribution in [2.75, 3.05) is 13.2 Å². The second-order valence-corrected chi connectivity index (χ2v) is 7.16. The van der Waals surface area contributed by atoms with Gasteiger partial charge < -0.3 is 24.3 Å². The predicted octanol–water partition coefficient (Wildman–Crippen LogP) is 3.45. The molecule has 0 atom stereocenters. The monoisotopic (exact) mass is 413 g/mol. The number of amides is 1. The van der Waals surface area contributed by atoms with Crippen LogP contribution in [0.1, 0.15) is 44.0 Å². The Morgan fingerprint density at radius 1 is 1.21 bits per heavy atom. The lowest BCUT2D eigenvalue weighted by Crippen LogP contribution is -2.33. The lowest BCUT2D eigenvalue weighted by atomic mass is 10.1. The largest absolute Gasteiger partial charge is 0.488 e. The number of carbonyl (C=O) groups excluding carboxylic acids is 1. The topological polar surface area (TPSA) is 115 Å². The number of carbonyl (C=O) groups is 2. The maximum Gasteiger partial charge on any atom is 0.407 e. The van der Waals surface area contributed by atoms with Crippen molar-refractivity contribution in [3.63, 3.8) is 0 Å². The Morgan fingerprint density at radius 3 is 2.52 bits per heavy atom. The molecule has 2 N–H and O–H groups in total. The summed E-state index contributed by atoms with van der Waals surface area (Å²) >= 11 is 0. The van der Waals surface area contributed by atoms with Crippen LogP contribution in [-0.4, -0.2) is 35.9 Å². The first-order valence-corrected chi connectivity index (χ1v) is 8.78. The Morgan fingerprint density at radius 2 is 1.90 bits per heavy atom. The molecule has 0 aliphatic rings. The molecule has 0 saturated heterocycles. The molecule has 2 aromatic rings. The fraction of sp³-hybridized carbons (Fsp3) is 0.421. The number of halogens is 2. The van der Waals surface area contributed by atoms with E-state index < -0.39 is 51.8 Å². The minimum Gasteiger partial charge on any atom is -0.488 e. The van der Waals surface area contributed by atoms with Gasteiger partial charge in [-0.3, -0.25) is 0 Å². The fourth-order valence-corrected chi connectivity index (χ4v) is 2.36. The summed E-state index contributed by atoms with van der Waals surface area (Å²) < 4.78 is 43.5. The van der Waals surface area contributed by atoms with Gasteiger partial charge in [0, 0.05) is 11.9 Å². The molecule has 158 valence electrons. The number of carboxylic acid groups (broad SMARTS) is 1. The first kappa shape index (κ1) is 22.1. The number of carboxylic acids is 1. The molecule has 1 heterocycles. The van der Waals surface area contributed by atoms with E-state index >= 15 is 0 Å². The molecule has 0 aliphatic carbocycles. The summed E-state index contributed by atoms with van der Waals surface area (Å²) in [6.07, 6.45) is 0.266. The second kappa shape index (κ2) is 8.89. The molecule has 8 nitrogen and oxygen atoms in total. The Kier molecular flexibility index (Phi) is 6.78. The maximum atomic E-state index is 14.5. The second-order valence-electron chi connectivity index (χ2n) is 7.16. The van der Waals surface area contributed by atoms with Gasteiger partial charge in [-0.1, -0.05) is 0 Å². The van der Waals surface area contributed by atoms with Crippen molar-refractivity contribution < 1.29 is 37.4 Å².